The number of nitrogens with zero attached hydrogens (tertiary/aromatic N) is 5. The Balaban J connectivity index is 2.04. The van der Waals surface area contributed by atoms with Gasteiger partial charge in [-0.05, 0) is 43.4 Å². The first-order valence-electron chi connectivity index (χ1n) is 8.64. The third-order valence-electron chi connectivity index (χ3n) is 4.38. The van der Waals surface area contributed by atoms with Crippen LogP contribution >= 0.6 is 15.9 Å². The molecule has 0 saturated carbocycles. The van der Waals surface area contributed by atoms with Crippen LogP contribution in [0, 0.1) is 0 Å². The second-order valence-corrected chi connectivity index (χ2v) is 6.86. The molecular weight excluding hydrogens is 410 g/mol. The van der Waals surface area contributed by atoms with Crippen LogP contribution in [0.3, 0.4) is 0 Å². The molecule has 0 saturated heterocycles. The Morgan fingerprint density at radius 3 is 2.59 bits per heavy atom. The van der Waals surface area contributed by atoms with Crippen molar-refractivity contribution in [1.29, 1.82) is 0 Å². The van der Waals surface area contributed by atoms with Gasteiger partial charge in [0.05, 0.1) is 12.2 Å². The third-order valence-corrected chi connectivity index (χ3v) is 4.87. The number of amides is 1. The molecule has 2 heterocycles. The number of azo groups is 1. The zero-order valence-corrected chi connectivity index (χ0v) is 16.7. The lowest BCUT2D eigenvalue weighted by Gasteiger charge is -2.20. The highest BCUT2D eigenvalue weighted by atomic mass is 79.9. The van der Waals surface area contributed by atoms with E-state index in [1.807, 2.05) is 18.2 Å². The maximum absolute atomic E-state index is 12.2. The number of benzene rings is 1. The first-order chi connectivity index (χ1) is 13.0. The summed E-state index contributed by atoms with van der Waals surface area (Å²) in [6.07, 6.45) is 3.04. The van der Waals surface area contributed by atoms with Gasteiger partial charge < -0.3 is 5.11 Å². The molecule has 0 bridgehead atoms. The van der Waals surface area contributed by atoms with Crippen LogP contribution in [-0.4, -0.2) is 38.6 Å². The predicted molar refractivity (Wildman–Crippen MR) is 107 cm³/mol. The Bertz CT molecular complexity index is 981. The number of pyridine rings is 1. The number of carbonyl (C=O) groups is 1. The molecule has 0 unspecified atom stereocenters. The van der Waals surface area contributed by atoms with E-state index < -0.39 is 5.91 Å². The van der Waals surface area contributed by atoms with Crippen molar-refractivity contribution in [2.75, 3.05) is 13.1 Å². The molecule has 7 nitrogen and oxygen atoms in total. The van der Waals surface area contributed by atoms with Crippen molar-refractivity contribution in [3.8, 4) is 5.88 Å². The van der Waals surface area contributed by atoms with Crippen molar-refractivity contribution >= 4 is 38.4 Å². The first kappa shape index (κ1) is 19.2. The minimum absolute atomic E-state index is 0.0127. The van der Waals surface area contributed by atoms with E-state index in [0.717, 1.165) is 28.5 Å². The maximum Gasteiger partial charge on any atom is 0.295 e. The quantitative estimate of drug-likeness (QED) is 0.574. The zero-order valence-electron chi connectivity index (χ0n) is 15.1. The topological polar surface area (TPSA) is 83.1 Å². The summed E-state index contributed by atoms with van der Waals surface area (Å²) in [5.41, 5.74) is 1.50. The van der Waals surface area contributed by atoms with Crippen LogP contribution < -0.4 is 0 Å². The lowest BCUT2D eigenvalue weighted by molar-refractivity contribution is 0.0995. The molecule has 3 aromatic rings. The van der Waals surface area contributed by atoms with Gasteiger partial charge in [0, 0.05) is 27.8 Å². The Labute approximate surface area is 165 Å². The highest BCUT2D eigenvalue weighted by Crippen LogP contribution is 2.40. The number of hydrogen-bond acceptors (Lipinski definition) is 5. The van der Waals surface area contributed by atoms with E-state index in [1.54, 1.807) is 16.7 Å². The normalized spacial score (nSPS) is 11.7. The SMILES string of the molecule is CCN(CC)Cn1c(O)c(N=NC(=O)c2ccncc2)c2cc(Br)ccc21. The van der Waals surface area contributed by atoms with Gasteiger partial charge in [-0.1, -0.05) is 29.8 Å². The minimum atomic E-state index is -0.489. The van der Waals surface area contributed by atoms with E-state index in [-0.39, 0.29) is 11.6 Å². The molecule has 3 rings (SSSR count). The second kappa shape index (κ2) is 8.41. The molecule has 0 atom stereocenters. The van der Waals surface area contributed by atoms with Gasteiger partial charge in [-0.2, -0.15) is 0 Å². The van der Waals surface area contributed by atoms with Gasteiger partial charge in [0.1, 0.15) is 0 Å². The molecule has 0 aliphatic heterocycles. The van der Waals surface area contributed by atoms with Gasteiger partial charge >= 0.3 is 0 Å². The van der Waals surface area contributed by atoms with Crippen LogP contribution in [0.4, 0.5) is 5.69 Å². The number of halogens is 1. The average molecular weight is 430 g/mol. The van der Waals surface area contributed by atoms with Crippen molar-refractivity contribution in [3.05, 3.63) is 52.8 Å². The number of fused-ring (bicyclic) bond motifs is 1. The summed E-state index contributed by atoms with van der Waals surface area (Å²) in [5.74, 6) is -0.502. The van der Waals surface area contributed by atoms with E-state index in [0.29, 0.717) is 12.2 Å². The van der Waals surface area contributed by atoms with Gasteiger partial charge in [-0.3, -0.25) is 19.2 Å². The summed E-state index contributed by atoms with van der Waals surface area (Å²) in [6, 6.07) is 8.82. The van der Waals surface area contributed by atoms with Crippen molar-refractivity contribution in [2.24, 2.45) is 10.2 Å². The Kier molecular flexibility index (Phi) is 5.98. The molecule has 0 aliphatic carbocycles. The number of rotatable bonds is 6. The summed E-state index contributed by atoms with van der Waals surface area (Å²) in [7, 11) is 0. The fraction of sp³-hybridized carbons (Fsp3) is 0.263. The average Bonchev–Trinajstić information content (AvgIpc) is 2.95. The molecule has 0 aliphatic rings. The van der Waals surface area contributed by atoms with E-state index in [4.69, 9.17) is 0 Å². The molecule has 0 radical (unpaired) electrons. The van der Waals surface area contributed by atoms with E-state index in [9.17, 15) is 9.90 Å². The van der Waals surface area contributed by atoms with Crippen molar-refractivity contribution in [2.45, 2.75) is 20.5 Å². The number of carbonyl (C=O) groups excluding carboxylic acids is 1. The van der Waals surface area contributed by atoms with Crippen LogP contribution in [0.25, 0.3) is 10.9 Å². The van der Waals surface area contributed by atoms with Crippen molar-refractivity contribution in [3.63, 3.8) is 0 Å². The fourth-order valence-corrected chi connectivity index (χ4v) is 3.17. The molecule has 1 amide bonds. The largest absolute Gasteiger partial charge is 0.493 e. The summed E-state index contributed by atoms with van der Waals surface area (Å²) in [6.45, 7) is 6.35. The molecule has 27 heavy (non-hydrogen) atoms. The van der Waals surface area contributed by atoms with E-state index in [1.165, 1.54) is 12.4 Å². The summed E-state index contributed by atoms with van der Waals surface area (Å²) >= 11 is 3.45. The van der Waals surface area contributed by atoms with Crippen molar-refractivity contribution in [1.82, 2.24) is 14.5 Å². The summed E-state index contributed by atoms with van der Waals surface area (Å²) in [4.78, 5) is 18.3. The second-order valence-electron chi connectivity index (χ2n) is 5.95. The van der Waals surface area contributed by atoms with E-state index >= 15 is 0 Å². The lowest BCUT2D eigenvalue weighted by atomic mass is 10.2. The molecule has 0 spiro atoms. The van der Waals surface area contributed by atoms with Gasteiger partial charge in [-0.25, -0.2) is 0 Å². The Hall–Kier alpha value is -2.58. The lowest BCUT2D eigenvalue weighted by Crippen LogP contribution is -2.25. The molecule has 2 aromatic heterocycles. The van der Waals surface area contributed by atoms with Gasteiger partial charge in [-0.15, -0.1) is 10.2 Å². The predicted octanol–water partition coefficient (Wildman–Crippen LogP) is 4.73. The number of aromatic hydroxyl groups is 1. The monoisotopic (exact) mass is 429 g/mol. The van der Waals surface area contributed by atoms with Crippen LogP contribution in [-0.2, 0) is 6.67 Å². The maximum atomic E-state index is 12.2. The molecule has 140 valence electrons. The molecule has 8 heteroatoms. The van der Waals surface area contributed by atoms with Gasteiger partial charge in [0.15, 0.2) is 5.69 Å². The van der Waals surface area contributed by atoms with Gasteiger partial charge in [0.25, 0.3) is 5.91 Å². The number of aromatic nitrogens is 2. The Morgan fingerprint density at radius 1 is 1.22 bits per heavy atom. The molecule has 0 fully saturated rings. The highest BCUT2D eigenvalue weighted by Gasteiger charge is 2.18. The van der Waals surface area contributed by atoms with Crippen LogP contribution in [0.5, 0.6) is 5.88 Å². The molecule has 1 N–H and O–H groups in total. The zero-order chi connectivity index (χ0) is 19.4. The fourth-order valence-electron chi connectivity index (χ4n) is 2.81. The number of hydrogen-bond donors (Lipinski definition) is 1. The van der Waals surface area contributed by atoms with Gasteiger partial charge in [0.2, 0.25) is 5.88 Å². The highest BCUT2D eigenvalue weighted by molar-refractivity contribution is 9.10. The van der Waals surface area contributed by atoms with Crippen molar-refractivity contribution < 1.29 is 9.90 Å². The summed E-state index contributed by atoms with van der Waals surface area (Å²) < 4.78 is 2.63. The standard InChI is InChI=1S/C19H20BrN5O2/c1-3-24(4-2)12-25-16-6-5-14(20)11-15(16)17(19(25)27)22-23-18(26)13-7-9-21-10-8-13/h5-11,27H,3-4,12H2,1-2H3. The molecular formula is C19H20BrN5O2. The van der Waals surface area contributed by atoms with Crippen LogP contribution in [0.15, 0.2) is 57.4 Å². The summed E-state index contributed by atoms with van der Waals surface area (Å²) in [5, 5.41) is 19.4. The Morgan fingerprint density at radius 2 is 1.93 bits per heavy atom. The van der Waals surface area contributed by atoms with Crippen LogP contribution in [0.1, 0.15) is 24.2 Å². The first-order valence-corrected chi connectivity index (χ1v) is 9.43. The molecule has 1 aromatic carbocycles. The van der Waals surface area contributed by atoms with E-state index in [2.05, 4.69) is 49.9 Å². The van der Waals surface area contributed by atoms with Crippen LogP contribution in [0.2, 0.25) is 0 Å². The smallest absolute Gasteiger partial charge is 0.295 e. The third kappa shape index (κ3) is 4.06. The minimum Gasteiger partial charge on any atom is -0.493 e.